The van der Waals surface area contributed by atoms with Gasteiger partial charge in [0.25, 0.3) is 0 Å². The van der Waals surface area contributed by atoms with Crippen molar-refractivity contribution in [3.05, 3.63) is 29.8 Å². The van der Waals surface area contributed by atoms with Gasteiger partial charge in [-0.05, 0) is 30.9 Å². The van der Waals surface area contributed by atoms with Gasteiger partial charge in [0.05, 0.1) is 12.5 Å². The van der Waals surface area contributed by atoms with Crippen molar-refractivity contribution in [2.75, 3.05) is 41.3 Å². The molecule has 0 spiro atoms. The Morgan fingerprint density at radius 2 is 1.89 bits per heavy atom. The van der Waals surface area contributed by atoms with E-state index in [0.717, 1.165) is 55.9 Å². The van der Waals surface area contributed by atoms with E-state index >= 15 is 0 Å². The van der Waals surface area contributed by atoms with Crippen LogP contribution in [-0.2, 0) is 11.2 Å². The Hall–Kier alpha value is -1.51. The molecule has 1 aliphatic carbocycles. The first kappa shape index (κ1) is 23.5. The molecule has 0 bridgehead atoms. The number of halogens is 1. The van der Waals surface area contributed by atoms with Crippen molar-refractivity contribution in [1.82, 2.24) is 15.5 Å². The number of hydrogen-bond donors (Lipinski definition) is 2. The first-order chi connectivity index (χ1) is 12.5. The number of rotatable bonds is 7. The van der Waals surface area contributed by atoms with E-state index in [0.29, 0.717) is 6.54 Å². The van der Waals surface area contributed by atoms with Crippen LogP contribution < -0.4 is 15.4 Å². The maximum absolute atomic E-state index is 12.6. The Balaban J connectivity index is 0.00000364. The summed E-state index contributed by atoms with van der Waals surface area (Å²) in [6.07, 6.45) is 4.94. The Labute approximate surface area is 180 Å². The summed E-state index contributed by atoms with van der Waals surface area (Å²) in [5, 5.41) is 6.70. The number of guanidine groups is 1. The molecule has 152 valence electrons. The van der Waals surface area contributed by atoms with Crippen molar-refractivity contribution in [3.8, 4) is 5.75 Å². The van der Waals surface area contributed by atoms with E-state index in [9.17, 15) is 4.79 Å². The van der Waals surface area contributed by atoms with Gasteiger partial charge in [-0.2, -0.15) is 0 Å². The fourth-order valence-electron chi connectivity index (χ4n) is 3.69. The smallest absolute Gasteiger partial charge is 0.230 e. The number of hydrogen-bond acceptors (Lipinski definition) is 3. The minimum atomic E-state index is -0.302. The van der Waals surface area contributed by atoms with Gasteiger partial charge in [-0.25, -0.2) is 0 Å². The van der Waals surface area contributed by atoms with Gasteiger partial charge < -0.3 is 20.3 Å². The number of carbonyl (C=O) groups excluding carboxylic acids is 1. The molecule has 0 aromatic heterocycles. The standard InChI is InChI=1S/C20H32N4O2.HI/c1-21-19(22-14-11-16-9-5-6-10-17(16)26-4)23-15-20(12-7-8-13-20)18(25)24(2)3;/h5-6,9-10H,7-8,11-15H2,1-4H3,(H2,21,22,23);1H. The molecule has 0 saturated heterocycles. The van der Waals surface area contributed by atoms with Crippen LogP contribution in [0, 0.1) is 5.41 Å². The lowest BCUT2D eigenvalue weighted by Crippen LogP contribution is -2.49. The molecule has 0 heterocycles. The largest absolute Gasteiger partial charge is 0.496 e. The summed E-state index contributed by atoms with van der Waals surface area (Å²) in [7, 11) is 7.12. The van der Waals surface area contributed by atoms with Gasteiger partial charge >= 0.3 is 0 Å². The van der Waals surface area contributed by atoms with Crippen molar-refractivity contribution in [1.29, 1.82) is 0 Å². The minimum Gasteiger partial charge on any atom is -0.496 e. The lowest BCUT2D eigenvalue weighted by Gasteiger charge is -2.31. The first-order valence-corrected chi connectivity index (χ1v) is 9.30. The summed E-state index contributed by atoms with van der Waals surface area (Å²) in [6, 6.07) is 8.03. The van der Waals surface area contributed by atoms with E-state index in [1.807, 2.05) is 32.3 Å². The summed E-state index contributed by atoms with van der Waals surface area (Å²) in [6.45, 7) is 1.37. The number of benzene rings is 1. The average Bonchev–Trinajstić information content (AvgIpc) is 3.14. The van der Waals surface area contributed by atoms with Crippen LogP contribution in [-0.4, -0.2) is 58.1 Å². The van der Waals surface area contributed by atoms with Gasteiger partial charge in [0, 0.05) is 34.2 Å². The summed E-state index contributed by atoms with van der Waals surface area (Å²) in [4.78, 5) is 18.7. The van der Waals surface area contributed by atoms with Crippen molar-refractivity contribution in [2.45, 2.75) is 32.1 Å². The highest BCUT2D eigenvalue weighted by molar-refractivity contribution is 14.0. The maximum atomic E-state index is 12.6. The normalized spacial score (nSPS) is 15.6. The molecular formula is C20H33IN4O2. The summed E-state index contributed by atoms with van der Waals surface area (Å²) in [5.74, 6) is 1.85. The first-order valence-electron chi connectivity index (χ1n) is 9.30. The second-order valence-corrected chi connectivity index (χ2v) is 7.10. The van der Waals surface area contributed by atoms with E-state index in [2.05, 4.69) is 21.7 Å². The van der Waals surface area contributed by atoms with Crippen molar-refractivity contribution < 1.29 is 9.53 Å². The van der Waals surface area contributed by atoms with E-state index in [1.54, 1.807) is 19.1 Å². The van der Waals surface area contributed by atoms with Crippen LogP contribution in [0.4, 0.5) is 0 Å². The quantitative estimate of drug-likeness (QED) is 0.352. The third-order valence-corrected chi connectivity index (χ3v) is 5.12. The topological polar surface area (TPSA) is 66.0 Å². The number of para-hydroxylation sites is 1. The molecule has 1 fully saturated rings. The summed E-state index contributed by atoms with van der Waals surface area (Å²) >= 11 is 0. The molecule has 1 aromatic rings. The molecule has 0 aliphatic heterocycles. The van der Waals surface area contributed by atoms with Gasteiger partial charge in [0.15, 0.2) is 5.96 Å². The second kappa shape index (κ2) is 11.4. The van der Waals surface area contributed by atoms with E-state index < -0.39 is 0 Å². The lowest BCUT2D eigenvalue weighted by atomic mass is 9.84. The van der Waals surface area contributed by atoms with E-state index in [1.165, 1.54) is 0 Å². The monoisotopic (exact) mass is 488 g/mol. The predicted octanol–water partition coefficient (Wildman–Crippen LogP) is 2.67. The summed E-state index contributed by atoms with van der Waals surface area (Å²) < 4.78 is 5.39. The Morgan fingerprint density at radius 1 is 1.22 bits per heavy atom. The zero-order valence-electron chi connectivity index (χ0n) is 16.9. The van der Waals surface area contributed by atoms with Crippen LogP contribution in [0.2, 0.25) is 0 Å². The van der Waals surface area contributed by atoms with Gasteiger partial charge in [0.2, 0.25) is 5.91 Å². The average molecular weight is 488 g/mol. The third kappa shape index (κ3) is 6.26. The zero-order valence-corrected chi connectivity index (χ0v) is 19.2. The highest BCUT2D eigenvalue weighted by Gasteiger charge is 2.42. The highest BCUT2D eigenvalue weighted by Crippen LogP contribution is 2.38. The second-order valence-electron chi connectivity index (χ2n) is 7.10. The number of carbonyl (C=O) groups is 1. The Bertz CT molecular complexity index is 628. The number of ether oxygens (including phenoxy) is 1. The van der Waals surface area contributed by atoms with Crippen molar-refractivity contribution in [3.63, 3.8) is 0 Å². The lowest BCUT2D eigenvalue weighted by molar-refractivity contribution is -0.138. The molecule has 6 nitrogen and oxygen atoms in total. The van der Waals surface area contributed by atoms with Crippen LogP contribution in [0.5, 0.6) is 5.75 Å². The number of aliphatic imine (C=N–C) groups is 1. The van der Waals surface area contributed by atoms with Crippen LogP contribution in [0.3, 0.4) is 0 Å². The van der Waals surface area contributed by atoms with Crippen molar-refractivity contribution >= 4 is 35.8 Å². The highest BCUT2D eigenvalue weighted by atomic mass is 127. The molecule has 2 rings (SSSR count). The molecule has 0 radical (unpaired) electrons. The number of amides is 1. The molecule has 27 heavy (non-hydrogen) atoms. The molecule has 1 saturated carbocycles. The molecule has 1 aromatic carbocycles. The van der Waals surface area contributed by atoms with Gasteiger partial charge in [0.1, 0.15) is 5.75 Å². The van der Waals surface area contributed by atoms with E-state index in [4.69, 9.17) is 4.74 Å². The molecule has 1 amide bonds. The van der Waals surface area contributed by atoms with Gasteiger partial charge in [-0.1, -0.05) is 31.0 Å². The molecule has 1 aliphatic rings. The Morgan fingerprint density at radius 3 is 2.48 bits per heavy atom. The Kier molecular flexibility index (Phi) is 9.90. The molecular weight excluding hydrogens is 455 g/mol. The van der Waals surface area contributed by atoms with Crippen LogP contribution in [0.15, 0.2) is 29.3 Å². The van der Waals surface area contributed by atoms with E-state index in [-0.39, 0.29) is 35.3 Å². The SMILES string of the molecule is CN=C(NCCc1ccccc1OC)NCC1(C(=O)N(C)C)CCCC1.I. The minimum absolute atomic E-state index is 0. The van der Waals surface area contributed by atoms with Crippen LogP contribution in [0.25, 0.3) is 0 Å². The fourth-order valence-corrected chi connectivity index (χ4v) is 3.69. The predicted molar refractivity (Wildman–Crippen MR) is 121 cm³/mol. The fraction of sp³-hybridized carbons (Fsp3) is 0.600. The van der Waals surface area contributed by atoms with Crippen LogP contribution in [0.1, 0.15) is 31.2 Å². The van der Waals surface area contributed by atoms with Crippen LogP contribution >= 0.6 is 24.0 Å². The molecule has 0 unspecified atom stereocenters. The van der Waals surface area contributed by atoms with Crippen molar-refractivity contribution in [2.24, 2.45) is 10.4 Å². The van der Waals surface area contributed by atoms with Gasteiger partial charge in [-0.15, -0.1) is 24.0 Å². The number of nitrogens with one attached hydrogen (secondary N) is 2. The molecule has 2 N–H and O–H groups in total. The number of nitrogens with zero attached hydrogens (tertiary/aromatic N) is 2. The maximum Gasteiger partial charge on any atom is 0.230 e. The molecule has 0 atom stereocenters. The molecule has 7 heteroatoms. The third-order valence-electron chi connectivity index (χ3n) is 5.12. The zero-order chi connectivity index (χ0) is 19.0. The summed E-state index contributed by atoms with van der Waals surface area (Å²) in [5.41, 5.74) is 0.858. The number of methoxy groups -OCH3 is 1. The van der Waals surface area contributed by atoms with Gasteiger partial charge in [-0.3, -0.25) is 9.79 Å².